The number of halogens is 1. The van der Waals surface area contributed by atoms with E-state index in [1.807, 2.05) is 0 Å². The third-order valence-corrected chi connectivity index (χ3v) is 7.29. The monoisotopic (exact) mass is 560 g/mol. The molecule has 1 aliphatic heterocycles. The number of methoxy groups -OCH3 is 1. The Hall–Kier alpha value is -3.34. The highest BCUT2D eigenvalue weighted by atomic mass is 31.2. The van der Waals surface area contributed by atoms with Crippen molar-refractivity contribution >= 4 is 25.4 Å². The molecule has 0 radical (unpaired) electrons. The van der Waals surface area contributed by atoms with Crippen LogP contribution in [0.15, 0.2) is 35.4 Å². The van der Waals surface area contributed by atoms with Gasteiger partial charge in [-0.2, -0.15) is 4.98 Å². The molecule has 0 bridgehead atoms. The predicted octanol–water partition coefficient (Wildman–Crippen LogP) is 0.779. The molecule has 0 saturated carbocycles. The maximum Gasteiger partial charge on any atom is 0.406 e. The molecule has 18 heteroatoms. The van der Waals surface area contributed by atoms with Crippen molar-refractivity contribution < 1.29 is 42.3 Å². The topological polar surface area (TPSA) is 220 Å². The van der Waals surface area contributed by atoms with Crippen molar-refractivity contribution in [1.29, 1.82) is 0 Å². The van der Waals surface area contributed by atoms with E-state index in [0.29, 0.717) is 10.1 Å². The Kier molecular flexibility index (Phi) is 9.24. The molecule has 0 aliphatic carbocycles. The summed E-state index contributed by atoms with van der Waals surface area (Å²) >= 11 is 0. The van der Waals surface area contributed by atoms with Gasteiger partial charge in [-0.05, 0) is 31.5 Å². The quantitative estimate of drug-likeness (QED) is 0.150. The number of carbonyl (C=O) groups is 1. The molecule has 1 saturated heterocycles. The van der Waals surface area contributed by atoms with Crippen molar-refractivity contribution in [3.05, 3.63) is 56.8 Å². The van der Waals surface area contributed by atoms with E-state index in [2.05, 4.69) is 19.8 Å². The van der Waals surface area contributed by atoms with Gasteiger partial charge < -0.3 is 20.3 Å². The smallest absolute Gasteiger partial charge is 0.406 e. The number of nitrogens with zero attached hydrogens (tertiary/aromatic N) is 4. The number of nitrogen functional groups attached to an aromatic ring is 1. The molecule has 1 fully saturated rings. The number of aromatic nitrogens is 3. The predicted molar refractivity (Wildman–Crippen MR) is 126 cm³/mol. The van der Waals surface area contributed by atoms with Crippen molar-refractivity contribution in [2.45, 2.75) is 50.6 Å². The number of nitrogens with two attached hydrogens (primary N) is 1. The third-order valence-electron chi connectivity index (χ3n) is 5.50. The number of esters is 1. The Morgan fingerprint density at radius 3 is 2.63 bits per heavy atom. The highest BCUT2D eigenvalue weighted by Crippen LogP contribution is 2.49. The number of nitro groups is 1. The molecule has 0 amide bonds. The average molecular weight is 560 g/mol. The van der Waals surface area contributed by atoms with Crippen LogP contribution in [-0.2, 0) is 27.9 Å². The van der Waals surface area contributed by atoms with E-state index in [9.17, 15) is 33.8 Å². The summed E-state index contributed by atoms with van der Waals surface area (Å²) in [4.78, 5) is 41.2. The molecule has 1 aromatic heterocycles. The fraction of sp³-hybridized carbons (Fsp3) is 0.500. The molecule has 208 valence electrons. The Morgan fingerprint density at radius 2 is 2.05 bits per heavy atom. The van der Waals surface area contributed by atoms with Crippen LogP contribution in [0.5, 0.6) is 0 Å². The third kappa shape index (κ3) is 6.75. The van der Waals surface area contributed by atoms with Crippen LogP contribution in [0.25, 0.3) is 0 Å². The number of aliphatic hydroxyl groups excluding tert-OH is 1. The summed E-state index contributed by atoms with van der Waals surface area (Å²) in [5, 5.41) is 23.6. The van der Waals surface area contributed by atoms with E-state index < -0.39 is 67.7 Å². The fourth-order valence-electron chi connectivity index (χ4n) is 3.47. The number of anilines is 1. The molecule has 6 unspecified atom stereocenters. The minimum absolute atomic E-state index is 0.175. The second-order valence-electron chi connectivity index (χ2n) is 8.17. The zero-order valence-corrected chi connectivity index (χ0v) is 21.3. The minimum atomic E-state index is -4.41. The standard InChI is InChI=1S/C20H26FN6O10P/c1-10(18(29)34-3)25-38(33,37-11(2)12-4-6-13(7-5-12)27(31)32)35-8-14-16(28)15(21)17(36-14)26-9-23-19(22)24-20(26)30/h4-7,9-11,14-17,28H,8H2,1-3H3,(H,25,33)(H2,22,24,30)/t10-,11?,14?,15?,16?,17?,38?/m0/s1. The first-order valence-corrected chi connectivity index (χ1v) is 12.6. The van der Waals surface area contributed by atoms with Crippen LogP contribution < -0.4 is 16.5 Å². The molecular formula is C20H26FN6O10P. The second kappa shape index (κ2) is 12.0. The molecular weight excluding hydrogens is 534 g/mol. The number of benzene rings is 1. The van der Waals surface area contributed by atoms with Gasteiger partial charge in [-0.15, -0.1) is 0 Å². The maximum absolute atomic E-state index is 14.8. The summed E-state index contributed by atoms with van der Waals surface area (Å²) in [6.07, 6.45) is -7.06. The second-order valence-corrected chi connectivity index (χ2v) is 9.89. The number of nitrogens with one attached hydrogen (secondary N) is 1. The highest BCUT2D eigenvalue weighted by molar-refractivity contribution is 7.51. The molecule has 7 atom stereocenters. The molecule has 1 aromatic carbocycles. The van der Waals surface area contributed by atoms with Crippen molar-refractivity contribution in [2.75, 3.05) is 19.5 Å². The van der Waals surface area contributed by atoms with E-state index in [1.165, 1.54) is 38.1 Å². The van der Waals surface area contributed by atoms with Gasteiger partial charge in [0.25, 0.3) is 5.69 Å². The number of hydrogen-bond donors (Lipinski definition) is 3. The number of alkyl halides is 1. The van der Waals surface area contributed by atoms with E-state index >= 15 is 0 Å². The number of aliphatic hydroxyl groups is 1. The molecule has 16 nitrogen and oxygen atoms in total. The Morgan fingerprint density at radius 1 is 1.39 bits per heavy atom. The molecule has 4 N–H and O–H groups in total. The SMILES string of the molecule is COC(=O)[C@H](C)NP(=O)(OCC1OC(n2cnc(N)nc2=O)C(F)C1O)OC(C)c1ccc([N+](=O)[O-])cc1. The molecule has 0 spiro atoms. The van der Waals surface area contributed by atoms with Crippen molar-refractivity contribution in [1.82, 2.24) is 19.6 Å². The number of ether oxygens (including phenoxy) is 2. The summed E-state index contributed by atoms with van der Waals surface area (Å²) in [5.74, 6) is -1.14. The first kappa shape index (κ1) is 29.2. The Balaban J connectivity index is 1.77. The van der Waals surface area contributed by atoms with Gasteiger partial charge in [0.2, 0.25) is 5.95 Å². The summed E-state index contributed by atoms with van der Waals surface area (Å²) in [6, 6.07) is 4.02. The van der Waals surface area contributed by atoms with Crippen LogP contribution in [-0.4, -0.2) is 68.7 Å². The van der Waals surface area contributed by atoms with Crippen molar-refractivity contribution in [3.63, 3.8) is 0 Å². The number of rotatable bonds is 11. The van der Waals surface area contributed by atoms with E-state index in [-0.39, 0.29) is 11.6 Å². The Labute approximate surface area is 214 Å². The first-order valence-electron chi connectivity index (χ1n) is 11.1. The van der Waals surface area contributed by atoms with E-state index in [4.69, 9.17) is 19.5 Å². The van der Waals surface area contributed by atoms with Gasteiger partial charge in [0.15, 0.2) is 12.4 Å². The summed E-state index contributed by atoms with van der Waals surface area (Å²) in [6.45, 7) is 2.10. The summed E-state index contributed by atoms with van der Waals surface area (Å²) < 4.78 is 50.1. The number of nitro benzene ring substituents is 1. The van der Waals surface area contributed by atoms with Crippen LogP contribution in [0.4, 0.5) is 16.0 Å². The van der Waals surface area contributed by atoms with Crippen molar-refractivity contribution in [2.24, 2.45) is 0 Å². The first-order chi connectivity index (χ1) is 17.8. The maximum atomic E-state index is 14.8. The molecule has 2 heterocycles. The van der Waals surface area contributed by atoms with Crippen LogP contribution in [0.1, 0.15) is 31.7 Å². The van der Waals surface area contributed by atoms with Crippen LogP contribution in [0.2, 0.25) is 0 Å². The lowest BCUT2D eigenvalue weighted by atomic mass is 10.1. The van der Waals surface area contributed by atoms with Gasteiger partial charge in [-0.25, -0.2) is 23.8 Å². The molecule has 38 heavy (non-hydrogen) atoms. The fourth-order valence-corrected chi connectivity index (χ4v) is 5.12. The lowest BCUT2D eigenvalue weighted by Gasteiger charge is -2.26. The summed E-state index contributed by atoms with van der Waals surface area (Å²) in [7, 11) is -3.30. The van der Waals surface area contributed by atoms with Gasteiger partial charge in [-0.3, -0.25) is 28.5 Å². The lowest BCUT2D eigenvalue weighted by molar-refractivity contribution is -0.384. The largest absolute Gasteiger partial charge is 0.468 e. The number of non-ortho nitro benzene ring substituents is 1. The molecule has 2 aromatic rings. The van der Waals surface area contributed by atoms with Gasteiger partial charge in [-0.1, -0.05) is 0 Å². The molecule has 1 aliphatic rings. The Bertz CT molecular complexity index is 1260. The van der Waals surface area contributed by atoms with Crippen LogP contribution >= 0.6 is 7.75 Å². The van der Waals surface area contributed by atoms with Gasteiger partial charge in [0.05, 0.1) is 24.7 Å². The van der Waals surface area contributed by atoms with Crippen molar-refractivity contribution in [3.8, 4) is 0 Å². The van der Waals surface area contributed by atoms with Gasteiger partial charge in [0, 0.05) is 12.1 Å². The zero-order valence-electron chi connectivity index (χ0n) is 20.4. The molecule has 3 rings (SSSR count). The van der Waals surface area contributed by atoms with Gasteiger partial charge >= 0.3 is 19.4 Å². The normalized spacial score (nSPS) is 24.3. The lowest BCUT2D eigenvalue weighted by Crippen LogP contribution is -2.36. The van der Waals surface area contributed by atoms with Crippen LogP contribution in [0, 0.1) is 10.1 Å². The minimum Gasteiger partial charge on any atom is -0.468 e. The summed E-state index contributed by atoms with van der Waals surface area (Å²) in [5.41, 5.74) is 4.57. The van der Waals surface area contributed by atoms with Crippen LogP contribution in [0.3, 0.4) is 0 Å². The van der Waals surface area contributed by atoms with E-state index in [0.717, 1.165) is 13.4 Å². The van der Waals surface area contributed by atoms with Gasteiger partial charge in [0.1, 0.15) is 24.6 Å². The number of carbonyl (C=O) groups excluding carboxylic acids is 1. The zero-order chi connectivity index (χ0) is 28.2. The highest BCUT2D eigenvalue weighted by Gasteiger charge is 2.47. The van der Waals surface area contributed by atoms with E-state index in [1.54, 1.807) is 0 Å². The average Bonchev–Trinajstić information content (AvgIpc) is 3.15. The number of hydrogen-bond acceptors (Lipinski definition) is 13.